The van der Waals surface area contributed by atoms with Crippen LogP contribution in [0.3, 0.4) is 0 Å². The normalized spacial score (nSPS) is 11.4. The van der Waals surface area contributed by atoms with Crippen molar-refractivity contribution in [2.24, 2.45) is 0 Å². The summed E-state index contributed by atoms with van der Waals surface area (Å²) in [5.41, 5.74) is 2.40. The van der Waals surface area contributed by atoms with E-state index in [1.165, 1.54) is 0 Å². The number of rotatable bonds is 5. The zero-order valence-electron chi connectivity index (χ0n) is 15.1. The topological polar surface area (TPSA) is 89.9 Å². The average molecular weight is 352 g/mol. The van der Waals surface area contributed by atoms with Gasteiger partial charge in [0.2, 0.25) is 0 Å². The molecular formula is C18H20N6O2. The molecule has 0 saturated heterocycles. The number of aromatic nitrogens is 5. The fraction of sp³-hybridized carbons (Fsp3) is 0.278. The van der Waals surface area contributed by atoms with Crippen LogP contribution < -0.4 is 14.8 Å². The number of hydrogen-bond donors (Lipinski definition) is 2. The zero-order valence-corrected chi connectivity index (χ0v) is 15.1. The van der Waals surface area contributed by atoms with Gasteiger partial charge in [0.1, 0.15) is 22.5 Å². The second-order valence-corrected chi connectivity index (χ2v) is 6.27. The molecule has 0 aliphatic rings. The number of ether oxygens (including phenoxy) is 2. The molecule has 134 valence electrons. The van der Waals surface area contributed by atoms with Crippen molar-refractivity contribution in [3.8, 4) is 11.5 Å². The Morgan fingerprint density at radius 1 is 1.12 bits per heavy atom. The highest BCUT2D eigenvalue weighted by Gasteiger charge is 2.16. The minimum Gasteiger partial charge on any atom is -0.497 e. The van der Waals surface area contributed by atoms with Gasteiger partial charge in [0.25, 0.3) is 0 Å². The molecule has 4 aromatic rings. The molecule has 3 heterocycles. The smallest absolute Gasteiger partial charge is 0.157 e. The number of pyridine rings is 1. The van der Waals surface area contributed by atoms with E-state index in [1.807, 2.05) is 23.0 Å². The van der Waals surface area contributed by atoms with E-state index in [-0.39, 0.29) is 6.04 Å². The fourth-order valence-electron chi connectivity index (χ4n) is 2.93. The van der Waals surface area contributed by atoms with Gasteiger partial charge in [-0.3, -0.25) is 9.78 Å². The van der Waals surface area contributed by atoms with E-state index in [2.05, 4.69) is 34.5 Å². The number of anilines is 2. The molecule has 0 aliphatic carbocycles. The summed E-state index contributed by atoms with van der Waals surface area (Å²) in [6.45, 7) is 4.16. The number of hydrogen-bond acceptors (Lipinski definition) is 6. The molecule has 3 aromatic heterocycles. The van der Waals surface area contributed by atoms with E-state index in [1.54, 1.807) is 26.6 Å². The third-order valence-electron chi connectivity index (χ3n) is 4.29. The van der Waals surface area contributed by atoms with Gasteiger partial charge in [0, 0.05) is 29.1 Å². The minimum absolute atomic E-state index is 0.287. The molecule has 0 spiro atoms. The van der Waals surface area contributed by atoms with Crippen LogP contribution in [0.5, 0.6) is 11.5 Å². The van der Waals surface area contributed by atoms with Crippen LogP contribution in [-0.2, 0) is 0 Å². The van der Waals surface area contributed by atoms with Gasteiger partial charge < -0.3 is 14.8 Å². The van der Waals surface area contributed by atoms with Crippen molar-refractivity contribution < 1.29 is 9.47 Å². The van der Waals surface area contributed by atoms with Gasteiger partial charge in [-0.2, -0.15) is 10.2 Å². The SMILES string of the molecule is COc1cc(OC)c2nc(Nc3cnn(C(C)C)c3)c3[nH]ncc3c2c1. The lowest BCUT2D eigenvalue weighted by Gasteiger charge is -2.11. The maximum Gasteiger partial charge on any atom is 0.157 e. The van der Waals surface area contributed by atoms with Crippen LogP contribution >= 0.6 is 0 Å². The first-order valence-electron chi connectivity index (χ1n) is 8.30. The van der Waals surface area contributed by atoms with Gasteiger partial charge in [-0.1, -0.05) is 0 Å². The summed E-state index contributed by atoms with van der Waals surface area (Å²) in [5, 5.41) is 16.7. The van der Waals surface area contributed by atoms with E-state index >= 15 is 0 Å². The molecule has 0 aliphatic heterocycles. The predicted molar refractivity (Wildman–Crippen MR) is 100 cm³/mol. The number of H-pyrrole nitrogens is 1. The van der Waals surface area contributed by atoms with E-state index in [0.717, 1.165) is 27.5 Å². The lowest BCUT2D eigenvalue weighted by atomic mass is 10.1. The molecule has 26 heavy (non-hydrogen) atoms. The summed E-state index contributed by atoms with van der Waals surface area (Å²) >= 11 is 0. The molecule has 4 rings (SSSR count). The maximum atomic E-state index is 5.52. The van der Waals surface area contributed by atoms with E-state index in [4.69, 9.17) is 14.5 Å². The van der Waals surface area contributed by atoms with Crippen LogP contribution in [0.4, 0.5) is 11.5 Å². The molecule has 0 atom stereocenters. The second kappa shape index (κ2) is 6.21. The zero-order chi connectivity index (χ0) is 18.3. The lowest BCUT2D eigenvalue weighted by Crippen LogP contribution is -2.00. The molecule has 0 amide bonds. The number of fused-ring (bicyclic) bond motifs is 3. The van der Waals surface area contributed by atoms with Crippen molar-refractivity contribution in [3.05, 3.63) is 30.7 Å². The summed E-state index contributed by atoms with van der Waals surface area (Å²) in [6, 6.07) is 4.04. The summed E-state index contributed by atoms with van der Waals surface area (Å²) in [6.07, 6.45) is 5.50. The van der Waals surface area contributed by atoms with Crippen LogP contribution in [0.15, 0.2) is 30.7 Å². The van der Waals surface area contributed by atoms with Crippen LogP contribution in [0.2, 0.25) is 0 Å². The molecule has 2 N–H and O–H groups in total. The van der Waals surface area contributed by atoms with Crippen molar-refractivity contribution in [2.45, 2.75) is 19.9 Å². The van der Waals surface area contributed by atoms with E-state index in [9.17, 15) is 0 Å². The van der Waals surface area contributed by atoms with Gasteiger partial charge in [0.15, 0.2) is 5.82 Å². The Morgan fingerprint density at radius 3 is 2.65 bits per heavy atom. The first-order valence-corrected chi connectivity index (χ1v) is 8.30. The van der Waals surface area contributed by atoms with Gasteiger partial charge in [0.05, 0.1) is 32.3 Å². The molecule has 8 heteroatoms. The molecule has 0 radical (unpaired) electrons. The van der Waals surface area contributed by atoms with E-state index < -0.39 is 0 Å². The molecule has 0 saturated carbocycles. The Labute approximate surface area is 150 Å². The van der Waals surface area contributed by atoms with Crippen LogP contribution in [0.1, 0.15) is 19.9 Å². The van der Waals surface area contributed by atoms with Crippen molar-refractivity contribution in [1.82, 2.24) is 25.0 Å². The first-order chi connectivity index (χ1) is 12.6. The number of nitrogens with zero attached hydrogens (tertiary/aromatic N) is 4. The number of nitrogens with one attached hydrogen (secondary N) is 2. The summed E-state index contributed by atoms with van der Waals surface area (Å²) in [5.74, 6) is 2.01. The van der Waals surface area contributed by atoms with Gasteiger partial charge in [-0.25, -0.2) is 4.98 Å². The Kier molecular flexibility index (Phi) is 3.87. The Bertz CT molecular complexity index is 1080. The third-order valence-corrected chi connectivity index (χ3v) is 4.29. The van der Waals surface area contributed by atoms with Crippen LogP contribution in [0.25, 0.3) is 21.8 Å². The Balaban J connectivity index is 1.89. The summed E-state index contributed by atoms with van der Waals surface area (Å²) < 4.78 is 12.8. The molecule has 0 unspecified atom stereocenters. The van der Waals surface area contributed by atoms with Crippen molar-refractivity contribution in [3.63, 3.8) is 0 Å². The van der Waals surface area contributed by atoms with Gasteiger partial charge in [-0.15, -0.1) is 0 Å². The minimum atomic E-state index is 0.287. The number of methoxy groups -OCH3 is 2. The summed E-state index contributed by atoms with van der Waals surface area (Å²) in [7, 11) is 3.25. The van der Waals surface area contributed by atoms with Crippen LogP contribution in [0, 0.1) is 0 Å². The monoisotopic (exact) mass is 352 g/mol. The average Bonchev–Trinajstić information content (AvgIpc) is 3.30. The number of benzene rings is 1. The molecular weight excluding hydrogens is 332 g/mol. The van der Waals surface area contributed by atoms with Crippen molar-refractivity contribution in [1.29, 1.82) is 0 Å². The summed E-state index contributed by atoms with van der Waals surface area (Å²) in [4.78, 5) is 4.77. The quantitative estimate of drug-likeness (QED) is 0.570. The Hall–Kier alpha value is -3.29. The van der Waals surface area contributed by atoms with Gasteiger partial charge in [-0.05, 0) is 19.9 Å². The lowest BCUT2D eigenvalue weighted by molar-refractivity contribution is 0.397. The predicted octanol–water partition coefficient (Wildman–Crippen LogP) is 3.65. The van der Waals surface area contributed by atoms with Crippen LogP contribution in [-0.4, -0.2) is 39.2 Å². The first kappa shape index (κ1) is 16.2. The standard InChI is InChI=1S/C18H20N6O2/c1-10(2)24-9-11(7-20-24)21-18-17-14(8-19-23-17)13-5-12(25-3)6-15(26-4)16(13)22-18/h5-10H,1-4H3,(H,19,23)(H,21,22). The van der Waals surface area contributed by atoms with Gasteiger partial charge >= 0.3 is 0 Å². The highest BCUT2D eigenvalue weighted by molar-refractivity contribution is 6.10. The molecule has 8 nitrogen and oxygen atoms in total. The molecule has 1 aromatic carbocycles. The highest BCUT2D eigenvalue weighted by Crippen LogP contribution is 2.36. The van der Waals surface area contributed by atoms with Crippen molar-refractivity contribution >= 4 is 33.3 Å². The molecule has 0 fully saturated rings. The second-order valence-electron chi connectivity index (χ2n) is 6.27. The van der Waals surface area contributed by atoms with E-state index in [0.29, 0.717) is 17.3 Å². The third kappa shape index (κ3) is 2.59. The fourth-order valence-corrected chi connectivity index (χ4v) is 2.93. The van der Waals surface area contributed by atoms with Crippen molar-refractivity contribution in [2.75, 3.05) is 19.5 Å². The Morgan fingerprint density at radius 2 is 1.96 bits per heavy atom. The highest BCUT2D eigenvalue weighted by atomic mass is 16.5. The molecule has 0 bridgehead atoms. The maximum absolute atomic E-state index is 5.52. The largest absolute Gasteiger partial charge is 0.497 e. The number of aromatic amines is 1.